The van der Waals surface area contributed by atoms with E-state index in [9.17, 15) is 9.90 Å². The molecule has 7 heteroatoms. The van der Waals surface area contributed by atoms with Crippen molar-refractivity contribution in [3.05, 3.63) is 35.9 Å². The molecule has 1 saturated heterocycles. The van der Waals surface area contributed by atoms with E-state index in [4.69, 9.17) is 4.74 Å². The lowest BCUT2D eigenvalue weighted by Gasteiger charge is -2.08. The highest BCUT2D eigenvalue weighted by atomic mass is 32.2. The van der Waals surface area contributed by atoms with Crippen LogP contribution in [0.5, 0.6) is 11.5 Å². The number of carbonyl (C=O) groups excluding carboxylic acids is 1. The van der Waals surface area contributed by atoms with Crippen LogP contribution in [-0.2, 0) is 11.2 Å². The number of amidine groups is 1. The summed E-state index contributed by atoms with van der Waals surface area (Å²) in [6.07, 6.45) is 3.83. The quantitative estimate of drug-likeness (QED) is 0.492. The van der Waals surface area contributed by atoms with Gasteiger partial charge in [-0.05, 0) is 24.1 Å². The molecule has 0 atom stereocenters. The third-order valence-electron chi connectivity index (χ3n) is 2.70. The van der Waals surface area contributed by atoms with Crippen molar-refractivity contribution in [2.24, 2.45) is 10.2 Å². The number of allylic oxidation sites excluding steroid dienone is 1. The van der Waals surface area contributed by atoms with Crippen molar-refractivity contribution in [3.8, 4) is 11.5 Å². The first-order valence-electron chi connectivity index (χ1n) is 6.18. The number of aromatic hydroxyl groups is 1. The summed E-state index contributed by atoms with van der Waals surface area (Å²) in [4.78, 5) is 11.0. The summed E-state index contributed by atoms with van der Waals surface area (Å²) in [7, 11) is 1.48. The van der Waals surface area contributed by atoms with Crippen LogP contribution >= 0.6 is 11.8 Å². The average molecular weight is 305 g/mol. The number of amides is 1. The van der Waals surface area contributed by atoms with Crippen LogP contribution in [0, 0.1) is 0 Å². The smallest absolute Gasteiger partial charge is 0.236 e. The highest BCUT2D eigenvalue weighted by Gasteiger charge is 2.16. The standard InChI is InChI=1S/C14H15N3O3S/c1-3-4-9-5-10(13(19)11(6-9)20-2)7-15-17-14-16-12(18)8-21-14/h3,5-7,19H,1,4,8H2,2H3,(H,16,17,18). The number of carbonyl (C=O) groups is 1. The van der Waals surface area contributed by atoms with Crippen LogP contribution < -0.4 is 10.1 Å². The van der Waals surface area contributed by atoms with E-state index in [2.05, 4.69) is 22.1 Å². The van der Waals surface area contributed by atoms with Crippen LogP contribution in [0.15, 0.2) is 35.0 Å². The molecule has 1 aromatic carbocycles. The SMILES string of the molecule is C=CCc1cc(C=NN=C2NC(=O)CS2)c(O)c(OC)c1. The summed E-state index contributed by atoms with van der Waals surface area (Å²) >= 11 is 1.28. The van der Waals surface area contributed by atoms with Gasteiger partial charge in [0.05, 0.1) is 19.1 Å². The molecule has 21 heavy (non-hydrogen) atoms. The van der Waals surface area contributed by atoms with Crippen molar-refractivity contribution >= 4 is 29.1 Å². The molecule has 2 rings (SSSR count). The molecule has 0 aromatic heterocycles. The van der Waals surface area contributed by atoms with E-state index in [1.54, 1.807) is 18.2 Å². The predicted octanol–water partition coefficient (Wildman–Crippen LogP) is 1.68. The number of ether oxygens (including phenoxy) is 1. The number of benzene rings is 1. The normalized spacial score (nSPS) is 16.4. The van der Waals surface area contributed by atoms with Crippen LogP contribution in [0.2, 0.25) is 0 Å². The minimum absolute atomic E-state index is 0.00243. The van der Waals surface area contributed by atoms with Crippen LogP contribution in [0.4, 0.5) is 0 Å². The zero-order valence-corrected chi connectivity index (χ0v) is 12.3. The molecule has 2 N–H and O–H groups in total. The molecule has 1 aromatic rings. The van der Waals surface area contributed by atoms with Gasteiger partial charge in [0.1, 0.15) is 0 Å². The van der Waals surface area contributed by atoms with Crippen molar-refractivity contribution < 1.29 is 14.6 Å². The van der Waals surface area contributed by atoms with Crippen molar-refractivity contribution in [2.75, 3.05) is 12.9 Å². The Labute approximate surface area is 126 Å². The number of hydrogen-bond acceptors (Lipinski definition) is 6. The molecular formula is C14H15N3O3S. The average Bonchev–Trinajstić information content (AvgIpc) is 2.88. The molecular weight excluding hydrogens is 290 g/mol. The van der Waals surface area contributed by atoms with Gasteiger partial charge in [-0.25, -0.2) is 0 Å². The minimum Gasteiger partial charge on any atom is -0.504 e. The van der Waals surface area contributed by atoms with Gasteiger partial charge in [0.25, 0.3) is 0 Å². The topological polar surface area (TPSA) is 83.3 Å². The molecule has 0 aliphatic carbocycles. The number of phenolic OH excluding ortho intramolecular Hbond substituents is 1. The van der Waals surface area contributed by atoms with Gasteiger partial charge in [-0.3, -0.25) is 4.79 Å². The molecule has 1 amide bonds. The Morgan fingerprint density at radius 2 is 2.38 bits per heavy atom. The van der Waals surface area contributed by atoms with E-state index >= 15 is 0 Å². The first-order valence-corrected chi connectivity index (χ1v) is 7.17. The number of hydrogen-bond donors (Lipinski definition) is 2. The highest BCUT2D eigenvalue weighted by molar-refractivity contribution is 8.15. The van der Waals surface area contributed by atoms with Gasteiger partial charge in [-0.15, -0.1) is 11.7 Å². The van der Waals surface area contributed by atoms with E-state index in [0.29, 0.717) is 28.7 Å². The summed E-state index contributed by atoms with van der Waals surface area (Å²) in [6, 6.07) is 3.52. The number of rotatable bonds is 5. The van der Waals surface area contributed by atoms with Crippen LogP contribution in [0.3, 0.4) is 0 Å². The zero-order valence-electron chi connectivity index (χ0n) is 11.5. The second-order valence-electron chi connectivity index (χ2n) is 4.22. The number of thioether (sulfide) groups is 1. The van der Waals surface area contributed by atoms with Gasteiger partial charge < -0.3 is 15.2 Å². The predicted molar refractivity (Wildman–Crippen MR) is 84.2 cm³/mol. The third-order valence-corrected chi connectivity index (χ3v) is 3.56. The van der Waals surface area contributed by atoms with Gasteiger partial charge >= 0.3 is 0 Å². The molecule has 110 valence electrons. The molecule has 0 radical (unpaired) electrons. The first-order chi connectivity index (χ1) is 10.1. The van der Waals surface area contributed by atoms with Crippen LogP contribution in [0.1, 0.15) is 11.1 Å². The van der Waals surface area contributed by atoms with E-state index in [0.717, 1.165) is 5.56 Å². The van der Waals surface area contributed by atoms with Crippen molar-refractivity contribution in [1.29, 1.82) is 0 Å². The lowest BCUT2D eigenvalue weighted by molar-refractivity contribution is -0.116. The molecule has 0 spiro atoms. The van der Waals surface area contributed by atoms with Crippen molar-refractivity contribution in [3.63, 3.8) is 0 Å². The Hall–Kier alpha value is -2.28. The number of nitrogens with zero attached hydrogens (tertiary/aromatic N) is 2. The second kappa shape index (κ2) is 6.94. The third kappa shape index (κ3) is 3.85. The van der Waals surface area contributed by atoms with Gasteiger partial charge in [-0.1, -0.05) is 17.8 Å². The Morgan fingerprint density at radius 3 is 3.00 bits per heavy atom. The molecule has 1 aliphatic heterocycles. The number of phenols is 1. The van der Waals surface area contributed by atoms with Gasteiger partial charge in [0.15, 0.2) is 16.7 Å². The summed E-state index contributed by atoms with van der Waals surface area (Å²) in [5, 5.41) is 20.8. The molecule has 1 fully saturated rings. The summed E-state index contributed by atoms with van der Waals surface area (Å²) < 4.78 is 5.12. The van der Waals surface area contributed by atoms with Gasteiger partial charge in [-0.2, -0.15) is 5.10 Å². The Bertz CT molecular complexity index is 626. The van der Waals surface area contributed by atoms with Crippen molar-refractivity contribution in [1.82, 2.24) is 5.32 Å². The fourth-order valence-corrected chi connectivity index (χ4v) is 2.38. The maximum absolute atomic E-state index is 11.0. The van der Waals surface area contributed by atoms with E-state index in [1.165, 1.54) is 25.1 Å². The van der Waals surface area contributed by atoms with Crippen molar-refractivity contribution in [2.45, 2.75) is 6.42 Å². The lowest BCUT2D eigenvalue weighted by atomic mass is 10.1. The maximum atomic E-state index is 11.0. The monoisotopic (exact) mass is 305 g/mol. The fourth-order valence-electron chi connectivity index (χ4n) is 1.75. The highest BCUT2D eigenvalue weighted by Crippen LogP contribution is 2.30. The number of nitrogens with one attached hydrogen (secondary N) is 1. The fraction of sp³-hybridized carbons (Fsp3) is 0.214. The van der Waals surface area contributed by atoms with Gasteiger partial charge in [0, 0.05) is 5.56 Å². The lowest BCUT2D eigenvalue weighted by Crippen LogP contribution is -2.19. The maximum Gasteiger partial charge on any atom is 0.236 e. The summed E-state index contributed by atoms with van der Waals surface area (Å²) in [6.45, 7) is 3.68. The molecule has 0 unspecified atom stereocenters. The van der Waals surface area contributed by atoms with Gasteiger partial charge in [0.2, 0.25) is 5.91 Å². The van der Waals surface area contributed by atoms with E-state index < -0.39 is 0 Å². The summed E-state index contributed by atoms with van der Waals surface area (Å²) in [5.41, 5.74) is 1.43. The first kappa shape index (κ1) is 15.1. The molecule has 0 saturated carbocycles. The Kier molecular flexibility index (Phi) is 4.99. The minimum atomic E-state index is -0.0913. The van der Waals surface area contributed by atoms with E-state index in [-0.39, 0.29) is 11.7 Å². The Morgan fingerprint density at radius 1 is 1.57 bits per heavy atom. The summed E-state index contributed by atoms with van der Waals surface area (Å²) in [5.74, 6) is 0.623. The second-order valence-corrected chi connectivity index (χ2v) is 5.18. The Balaban J connectivity index is 2.23. The van der Waals surface area contributed by atoms with E-state index in [1.807, 2.05) is 0 Å². The molecule has 6 nitrogen and oxygen atoms in total. The largest absolute Gasteiger partial charge is 0.504 e. The zero-order chi connectivity index (χ0) is 15.2. The molecule has 1 heterocycles. The number of methoxy groups -OCH3 is 1. The molecule has 1 aliphatic rings. The molecule has 0 bridgehead atoms. The van der Waals surface area contributed by atoms with Crippen LogP contribution in [-0.4, -0.2) is 35.3 Å². The van der Waals surface area contributed by atoms with Crippen LogP contribution in [0.25, 0.3) is 0 Å².